The molecule has 2 aromatic rings. The normalized spacial score (nSPS) is 11.2. The van der Waals surface area contributed by atoms with Gasteiger partial charge < -0.3 is 20.3 Å². The van der Waals surface area contributed by atoms with Gasteiger partial charge in [0, 0.05) is 19.6 Å². The summed E-state index contributed by atoms with van der Waals surface area (Å²) in [6, 6.07) is 13.2. The number of aliphatic imine (C=N–C) groups is 1. The standard InChI is InChI=1S/C22H31FN4O.HI/c1-5-24-22(26-16-19-10-9-17(2)21(23)14-19)25-15-18-7-6-8-20(13-18)28-12-11-27(3)4;/h6-10,13-14H,5,11-12,15-16H2,1-4H3,(H2,24,25,26);1H. The van der Waals surface area contributed by atoms with Gasteiger partial charge in [-0.05, 0) is 62.8 Å². The number of likely N-dealkylation sites (N-methyl/N-ethyl adjacent to an activating group) is 1. The van der Waals surface area contributed by atoms with Crippen molar-refractivity contribution in [3.63, 3.8) is 0 Å². The van der Waals surface area contributed by atoms with Crippen LogP contribution < -0.4 is 15.4 Å². The Morgan fingerprint density at radius 2 is 1.90 bits per heavy atom. The number of rotatable bonds is 9. The maximum atomic E-state index is 13.7. The van der Waals surface area contributed by atoms with Crippen LogP contribution in [0.4, 0.5) is 4.39 Å². The molecule has 0 bridgehead atoms. The van der Waals surface area contributed by atoms with Crippen LogP contribution in [0.3, 0.4) is 0 Å². The van der Waals surface area contributed by atoms with E-state index in [0.29, 0.717) is 31.2 Å². The van der Waals surface area contributed by atoms with Gasteiger partial charge in [-0.15, -0.1) is 24.0 Å². The van der Waals surface area contributed by atoms with Crippen LogP contribution in [-0.2, 0) is 13.1 Å². The number of nitrogens with one attached hydrogen (secondary N) is 2. The molecule has 0 unspecified atom stereocenters. The van der Waals surface area contributed by atoms with Crippen LogP contribution in [0.15, 0.2) is 47.5 Å². The number of benzene rings is 2. The summed E-state index contributed by atoms with van der Waals surface area (Å²) in [5.74, 6) is 1.36. The zero-order chi connectivity index (χ0) is 20.4. The monoisotopic (exact) mass is 514 g/mol. The second-order valence-electron chi connectivity index (χ2n) is 6.93. The average Bonchev–Trinajstić information content (AvgIpc) is 2.67. The summed E-state index contributed by atoms with van der Waals surface area (Å²) >= 11 is 0. The Bertz CT molecular complexity index is 783. The third-order valence-electron chi connectivity index (χ3n) is 4.17. The topological polar surface area (TPSA) is 48.9 Å². The Hall–Kier alpha value is -1.87. The van der Waals surface area contributed by atoms with Gasteiger partial charge in [-0.3, -0.25) is 0 Å². The number of hydrogen-bond donors (Lipinski definition) is 2. The molecule has 0 aromatic heterocycles. The molecule has 0 aliphatic rings. The fourth-order valence-corrected chi connectivity index (χ4v) is 2.52. The number of halogens is 2. The van der Waals surface area contributed by atoms with E-state index >= 15 is 0 Å². The first kappa shape index (κ1) is 25.2. The third kappa shape index (κ3) is 9.45. The van der Waals surface area contributed by atoms with Crippen LogP contribution in [-0.4, -0.2) is 44.7 Å². The van der Waals surface area contributed by atoms with Gasteiger partial charge in [0.15, 0.2) is 5.96 Å². The van der Waals surface area contributed by atoms with E-state index in [-0.39, 0.29) is 29.8 Å². The minimum absolute atomic E-state index is 0. The lowest BCUT2D eigenvalue weighted by Crippen LogP contribution is -2.36. The number of nitrogens with zero attached hydrogens (tertiary/aromatic N) is 2. The van der Waals surface area contributed by atoms with Crippen LogP contribution >= 0.6 is 24.0 Å². The lowest BCUT2D eigenvalue weighted by atomic mass is 10.1. The fourth-order valence-electron chi connectivity index (χ4n) is 2.52. The Morgan fingerprint density at radius 3 is 2.59 bits per heavy atom. The molecule has 0 amide bonds. The van der Waals surface area contributed by atoms with E-state index in [1.807, 2.05) is 51.4 Å². The van der Waals surface area contributed by atoms with Crippen molar-refractivity contribution < 1.29 is 9.13 Å². The van der Waals surface area contributed by atoms with Crippen molar-refractivity contribution in [3.8, 4) is 5.75 Å². The summed E-state index contributed by atoms with van der Waals surface area (Å²) in [6.07, 6.45) is 0. The SMILES string of the molecule is CCNC(=NCc1cccc(OCCN(C)C)c1)NCc1ccc(C)c(F)c1.I. The van der Waals surface area contributed by atoms with Gasteiger partial charge >= 0.3 is 0 Å². The molecule has 0 radical (unpaired) electrons. The molecule has 2 N–H and O–H groups in total. The van der Waals surface area contributed by atoms with Crippen LogP contribution in [0.25, 0.3) is 0 Å². The van der Waals surface area contributed by atoms with Crippen molar-refractivity contribution >= 4 is 29.9 Å². The summed E-state index contributed by atoms with van der Waals surface area (Å²) in [7, 11) is 4.05. The van der Waals surface area contributed by atoms with E-state index in [1.165, 1.54) is 0 Å². The maximum absolute atomic E-state index is 13.7. The molecule has 0 aliphatic heterocycles. The molecule has 5 nitrogen and oxygen atoms in total. The highest BCUT2D eigenvalue weighted by molar-refractivity contribution is 14.0. The summed E-state index contributed by atoms with van der Waals surface area (Å²) in [6.45, 7) is 7.09. The Labute approximate surface area is 190 Å². The van der Waals surface area contributed by atoms with Crippen LogP contribution in [0.1, 0.15) is 23.6 Å². The number of aryl methyl sites for hydroxylation is 1. The van der Waals surface area contributed by atoms with Gasteiger partial charge in [-0.2, -0.15) is 0 Å². The van der Waals surface area contributed by atoms with Crippen molar-refractivity contribution in [2.75, 3.05) is 33.8 Å². The predicted molar refractivity (Wildman–Crippen MR) is 129 cm³/mol. The van der Waals surface area contributed by atoms with Gasteiger partial charge in [0.25, 0.3) is 0 Å². The molecule has 160 valence electrons. The number of ether oxygens (including phenoxy) is 1. The zero-order valence-electron chi connectivity index (χ0n) is 17.7. The van der Waals surface area contributed by atoms with E-state index in [2.05, 4.69) is 20.5 Å². The van der Waals surface area contributed by atoms with E-state index in [1.54, 1.807) is 19.1 Å². The molecule has 0 fully saturated rings. The number of guanidine groups is 1. The van der Waals surface area contributed by atoms with Gasteiger partial charge in [0.05, 0.1) is 6.54 Å². The van der Waals surface area contributed by atoms with E-state index < -0.39 is 0 Å². The molecular weight excluding hydrogens is 482 g/mol. The van der Waals surface area contributed by atoms with Crippen molar-refractivity contribution in [1.82, 2.24) is 15.5 Å². The summed E-state index contributed by atoms with van der Waals surface area (Å²) < 4.78 is 19.5. The molecule has 0 atom stereocenters. The van der Waals surface area contributed by atoms with Gasteiger partial charge in [0.2, 0.25) is 0 Å². The highest BCUT2D eigenvalue weighted by Gasteiger charge is 2.03. The molecule has 29 heavy (non-hydrogen) atoms. The minimum atomic E-state index is -0.188. The third-order valence-corrected chi connectivity index (χ3v) is 4.17. The number of hydrogen-bond acceptors (Lipinski definition) is 3. The highest BCUT2D eigenvalue weighted by Crippen LogP contribution is 2.14. The van der Waals surface area contributed by atoms with Crippen molar-refractivity contribution in [2.24, 2.45) is 4.99 Å². The first-order valence-corrected chi connectivity index (χ1v) is 9.61. The van der Waals surface area contributed by atoms with Gasteiger partial charge in [-0.25, -0.2) is 9.38 Å². The molecule has 0 spiro atoms. The first-order chi connectivity index (χ1) is 13.5. The first-order valence-electron chi connectivity index (χ1n) is 9.61. The maximum Gasteiger partial charge on any atom is 0.191 e. The predicted octanol–water partition coefficient (Wildman–Crippen LogP) is 3.95. The molecule has 0 aliphatic carbocycles. The molecule has 0 heterocycles. The second kappa shape index (κ2) is 13.4. The zero-order valence-corrected chi connectivity index (χ0v) is 20.0. The van der Waals surface area contributed by atoms with Crippen LogP contribution in [0.5, 0.6) is 5.75 Å². The lowest BCUT2D eigenvalue weighted by Gasteiger charge is -2.13. The smallest absolute Gasteiger partial charge is 0.191 e. The molecule has 7 heteroatoms. The summed E-state index contributed by atoms with van der Waals surface area (Å²) in [5.41, 5.74) is 2.60. The Balaban J connectivity index is 0.00000420. The average molecular weight is 514 g/mol. The fraction of sp³-hybridized carbons (Fsp3) is 0.409. The quantitative estimate of drug-likeness (QED) is 0.303. The Kier molecular flexibility index (Phi) is 11.6. The second-order valence-corrected chi connectivity index (χ2v) is 6.93. The van der Waals surface area contributed by atoms with E-state index in [9.17, 15) is 4.39 Å². The molecule has 0 saturated heterocycles. The van der Waals surface area contributed by atoms with Crippen molar-refractivity contribution in [1.29, 1.82) is 0 Å². The minimum Gasteiger partial charge on any atom is -0.492 e. The Morgan fingerprint density at radius 1 is 1.10 bits per heavy atom. The van der Waals surface area contributed by atoms with E-state index in [0.717, 1.165) is 30.0 Å². The van der Waals surface area contributed by atoms with Crippen molar-refractivity contribution in [2.45, 2.75) is 26.9 Å². The van der Waals surface area contributed by atoms with Crippen LogP contribution in [0, 0.1) is 12.7 Å². The summed E-state index contributed by atoms with van der Waals surface area (Å²) in [5, 5.41) is 6.47. The molecule has 2 aromatic carbocycles. The van der Waals surface area contributed by atoms with Gasteiger partial charge in [0.1, 0.15) is 18.2 Å². The molecular formula is C22H32FIN4O. The van der Waals surface area contributed by atoms with E-state index in [4.69, 9.17) is 4.74 Å². The van der Waals surface area contributed by atoms with Crippen molar-refractivity contribution in [3.05, 3.63) is 65.0 Å². The van der Waals surface area contributed by atoms with Crippen LogP contribution in [0.2, 0.25) is 0 Å². The molecule has 2 rings (SSSR count). The highest BCUT2D eigenvalue weighted by atomic mass is 127. The van der Waals surface area contributed by atoms with Gasteiger partial charge in [-0.1, -0.05) is 24.3 Å². The molecule has 0 saturated carbocycles. The largest absolute Gasteiger partial charge is 0.492 e. The summed E-state index contributed by atoms with van der Waals surface area (Å²) in [4.78, 5) is 6.71. The lowest BCUT2D eigenvalue weighted by molar-refractivity contribution is 0.261.